The Bertz CT molecular complexity index is 576. The fraction of sp³-hybridized carbons (Fsp3) is 0.471. The molecule has 2 aliphatic rings. The molecule has 5 heteroatoms. The van der Waals surface area contributed by atoms with Gasteiger partial charge in [-0.3, -0.25) is 4.90 Å². The normalized spacial score (nSPS) is 26.1. The molecule has 22 heavy (non-hydrogen) atoms. The molecule has 118 valence electrons. The Morgan fingerprint density at radius 2 is 2.18 bits per heavy atom. The van der Waals surface area contributed by atoms with Gasteiger partial charge in [-0.05, 0) is 37.0 Å². The predicted octanol–water partition coefficient (Wildman–Crippen LogP) is 3.57. The summed E-state index contributed by atoms with van der Waals surface area (Å²) in [5.41, 5.74) is 1.11. The Kier molecular flexibility index (Phi) is 4.69. The van der Waals surface area contributed by atoms with E-state index in [0.29, 0.717) is 25.2 Å². The lowest BCUT2D eigenvalue weighted by Gasteiger charge is -2.46. The van der Waals surface area contributed by atoms with Crippen molar-refractivity contribution in [3.05, 3.63) is 40.9 Å². The van der Waals surface area contributed by atoms with Gasteiger partial charge in [0, 0.05) is 36.7 Å². The fourth-order valence-electron chi connectivity index (χ4n) is 3.50. The number of carboxylic acid groups (broad SMARTS) is 1. The smallest absolute Gasteiger partial charge is 0.407 e. The summed E-state index contributed by atoms with van der Waals surface area (Å²) in [5.74, 6) is 0. The van der Waals surface area contributed by atoms with Crippen LogP contribution in [0.2, 0.25) is 5.02 Å². The molecule has 0 spiro atoms. The molecule has 2 fully saturated rings. The van der Waals surface area contributed by atoms with Crippen molar-refractivity contribution < 1.29 is 9.90 Å². The van der Waals surface area contributed by atoms with Crippen molar-refractivity contribution >= 4 is 23.8 Å². The number of rotatable bonds is 2. The molecule has 1 aromatic rings. The van der Waals surface area contributed by atoms with E-state index in [9.17, 15) is 4.79 Å². The van der Waals surface area contributed by atoms with Crippen LogP contribution < -0.4 is 0 Å². The third kappa shape index (κ3) is 3.45. The Hall–Kier alpha value is -1.52. The van der Waals surface area contributed by atoms with Crippen molar-refractivity contribution in [1.82, 2.24) is 9.80 Å². The van der Waals surface area contributed by atoms with Gasteiger partial charge in [0.2, 0.25) is 0 Å². The van der Waals surface area contributed by atoms with E-state index in [1.165, 1.54) is 0 Å². The van der Waals surface area contributed by atoms with Crippen LogP contribution in [0.1, 0.15) is 24.8 Å². The SMILES string of the molecule is O=C(O)N1CCN2[C@@H](CCC[C@@H]2/C=C/c2cccc(Cl)c2)C1. The molecular formula is C17H21ClN2O2. The Labute approximate surface area is 136 Å². The molecule has 0 aromatic heterocycles. The van der Waals surface area contributed by atoms with Gasteiger partial charge in [-0.25, -0.2) is 4.79 Å². The van der Waals surface area contributed by atoms with Gasteiger partial charge < -0.3 is 10.0 Å². The predicted molar refractivity (Wildman–Crippen MR) is 88.2 cm³/mol. The summed E-state index contributed by atoms with van der Waals surface area (Å²) in [7, 11) is 0. The molecular weight excluding hydrogens is 300 g/mol. The van der Waals surface area contributed by atoms with Gasteiger partial charge in [0.25, 0.3) is 0 Å². The number of carbonyl (C=O) groups is 1. The molecule has 1 N–H and O–H groups in total. The average Bonchev–Trinajstić information content (AvgIpc) is 2.52. The summed E-state index contributed by atoms with van der Waals surface area (Å²) in [6.45, 7) is 2.06. The topological polar surface area (TPSA) is 43.8 Å². The summed E-state index contributed by atoms with van der Waals surface area (Å²) in [6.07, 6.45) is 6.96. The van der Waals surface area contributed by atoms with Gasteiger partial charge in [0.05, 0.1) is 0 Å². The highest BCUT2D eigenvalue weighted by molar-refractivity contribution is 6.30. The zero-order valence-corrected chi connectivity index (χ0v) is 13.2. The van der Waals surface area contributed by atoms with E-state index in [1.807, 2.05) is 24.3 Å². The third-order valence-corrected chi connectivity index (χ3v) is 4.86. The number of benzene rings is 1. The first kappa shape index (κ1) is 15.4. The van der Waals surface area contributed by atoms with Gasteiger partial charge in [0.1, 0.15) is 0 Å². The highest BCUT2D eigenvalue weighted by atomic mass is 35.5. The van der Waals surface area contributed by atoms with E-state index in [0.717, 1.165) is 36.4 Å². The second-order valence-corrected chi connectivity index (χ2v) is 6.47. The molecule has 2 aliphatic heterocycles. The van der Waals surface area contributed by atoms with E-state index >= 15 is 0 Å². The van der Waals surface area contributed by atoms with E-state index in [1.54, 1.807) is 4.90 Å². The van der Waals surface area contributed by atoms with Crippen LogP contribution in [0.15, 0.2) is 30.3 Å². The minimum absolute atomic E-state index is 0.354. The van der Waals surface area contributed by atoms with Crippen molar-refractivity contribution in [3.63, 3.8) is 0 Å². The first-order chi connectivity index (χ1) is 10.6. The molecule has 0 unspecified atom stereocenters. The minimum atomic E-state index is -0.795. The Balaban J connectivity index is 1.68. The number of amides is 1. The highest BCUT2D eigenvalue weighted by Gasteiger charge is 2.35. The molecule has 0 bridgehead atoms. The molecule has 2 atom stereocenters. The molecule has 3 rings (SSSR count). The summed E-state index contributed by atoms with van der Waals surface area (Å²) in [6, 6.07) is 8.59. The van der Waals surface area contributed by atoms with Crippen LogP contribution in [-0.2, 0) is 0 Å². The maximum Gasteiger partial charge on any atom is 0.407 e. The standard InChI is InChI=1S/C17H21ClN2O2/c18-14-4-1-3-13(11-14)7-8-15-5-2-6-16-12-19(17(21)22)9-10-20(15)16/h1,3-4,7-8,11,15-16H,2,5-6,9-10,12H2,(H,21,22)/b8-7+/t15-,16+/m1/s1. The zero-order chi connectivity index (χ0) is 15.5. The summed E-state index contributed by atoms with van der Waals surface area (Å²) < 4.78 is 0. The monoisotopic (exact) mass is 320 g/mol. The first-order valence-electron chi connectivity index (χ1n) is 7.81. The fourth-order valence-corrected chi connectivity index (χ4v) is 3.70. The molecule has 2 heterocycles. The number of hydrogen-bond donors (Lipinski definition) is 1. The van der Waals surface area contributed by atoms with Gasteiger partial charge in [-0.15, -0.1) is 0 Å². The van der Waals surface area contributed by atoms with Gasteiger partial charge in [0.15, 0.2) is 0 Å². The zero-order valence-electron chi connectivity index (χ0n) is 12.5. The molecule has 1 aromatic carbocycles. The van der Waals surface area contributed by atoms with Crippen molar-refractivity contribution in [2.24, 2.45) is 0 Å². The lowest BCUT2D eigenvalue weighted by Crippen LogP contribution is -2.58. The van der Waals surface area contributed by atoms with Crippen molar-refractivity contribution in [1.29, 1.82) is 0 Å². The van der Waals surface area contributed by atoms with E-state index in [4.69, 9.17) is 16.7 Å². The Morgan fingerprint density at radius 1 is 1.32 bits per heavy atom. The maximum absolute atomic E-state index is 11.1. The largest absolute Gasteiger partial charge is 0.465 e. The summed E-state index contributed by atoms with van der Waals surface area (Å²) >= 11 is 6.02. The van der Waals surface area contributed by atoms with Crippen LogP contribution in [0.25, 0.3) is 6.08 Å². The summed E-state index contributed by atoms with van der Waals surface area (Å²) in [4.78, 5) is 15.1. The number of piperidine rings is 1. The van der Waals surface area contributed by atoms with Gasteiger partial charge in [-0.2, -0.15) is 0 Å². The number of halogens is 1. The molecule has 2 saturated heterocycles. The average molecular weight is 321 g/mol. The second kappa shape index (κ2) is 6.71. The van der Waals surface area contributed by atoms with Crippen LogP contribution >= 0.6 is 11.6 Å². The molecule has 0 radical (unpaired) electrons. The van der Waals surface area contributed by atoms with E-state index in [-0.39, 0.29) is 0 Å². The number of fused-ring (bicyclic) bond motifs is 1. The highest BCUT2D eigenvalue weighted by Crippen LogP contribution is 2.27. The summed E-state index contributed by atoms with van der Waals surface area (Å²) in [5, 5.41) is 9.90. The molecule has 0 aliphatic carbocycles. The van der Waals surface area contributed by atoms with Crippen LogP contribution in [0.3, 0.4) is 0 Å². The first-order valence-corrected chi connectivity index (χ1v) is 8.18. The maximum atomic E-state index is 11.1. The van der Waals surface area contributed by atoms with Crippen molar-refractivity contribution in [2.75, 3.05) is 19.6 Å². The minimum Gasteiger partial charge on any atom is -0.465 e. The number of nitrogens with zero attached hydrogens (tertiary/aromatic N) is 2. The molecule has 0 saturated carbocycles. The molecule has 1 amide bonds. The Morgan fingerprint density at radius 3 is 2.95 bits per heavy atom. The van der Waals surface area contributed by atoms with Gasteiger partial charge >= 0.3 is 6.09 Å². The number of piperazine rings is 1. The quantitative estimate of drug-likeness (QED) is 0.906. The van der Waals surface area contributed by atoms with E-state index in [2.05, 4.69) is 17.1 Å². The third-order valence-electron chi connectivity index (χ3n) is 4.62. The number of hydrogen-bond acceptors (Lipinski definition) is 2. The van der Waals surface area contributed by atoms with Crippen LogP contribution in [0, 0.1) is 0 Å². The van der Waals surface area contributed by atoms with E-state index < -0.39 is 6.09 Å². The lowest BCUT2D eigenvalue weighted by atomic mass is 9.93. The van der Waals surface area contributed by atoms with Crippen molar-refractivity contribution in [2.45, 2.75) is 31.3 Å². The van der Waals surface area contributed by atoms with Crippen molar-refractivity contribution in [3.8, 4) is 0 Å². The van der Waals surface area contributed by atoms with Gasteiger partial charge in [-0.1, -0.05) is 35.9 Å². The second-order valence-electron chi connectivity index (χ2n) is 6.03. The molecule has 4 nitrogen and oxygen atoms in total. The van der Waals surface area contributed by atoms with Crippen LogP contribution in [-0.4, -0.2) is 52.7 Å². The van der Waals surface area contributed by atoms with Crippen LogP contribution in [0.4, 0.5) is 4.79 Å². The lowest BCUT2D eigenvalue weighted by molar-refractivity contribution is 0.0287. The van der Waals surface area contributed by atoms with Crippen LogP contribution in [0.5, 0.6) is 0 Å².